The largest absolute Gasteiger partial charge is 0.508 e. The number of hydrogen-bond acceptors (Lipinski definition) is 4. The molecule has 2 aromatic rings. The summed E-state index contributed by atoms with van der Waals surface area (Å²) in [5.74, 6) is -0.0750. The number of rotatable bonds is 1. The Morgan fingerprint density at radius 3 is 2.53 bits per heavy atom. The van der Waals surface area contributed by atoms with Gasteiger partial charge in [-0.2, -0.15) is 0 Å². The van der Waals surface area contributed by atoms with E-state index in [0.29, 0.717) is 5.75 Å². The predicted octanol–water partition coefficient (Wildman–Crippen LogP) is 2.07. The maximum atomic E-state index is 12.1. The lowest BCUT2D eigenvalue weighted by Gasteiger charge is -2.29. The Bertz CT molecular complexity index is 621. The van der Waals surface area contributed by atoms with Crippen LogP contribution in [-0.4, -0.2) is 22.1 Å². The first-order valence-electron chi connectivity index (χ1n) is 5.94. The normalized spacial score (nSPS) is 21.6. The van der Waals surface area contributed by atoms with Crippen molar-refractivity contribution < 1.29 is 19.7 Å². The van der Waals surface area contributed by atoms with Crippen molar-refractivity contribution in [2.24, 2.45) is 0 Å². The molecule has 0 aromatic heterocycles. The first kappa shape index (κ1) is 11.7. The molecule has 0 amide bonds. The second-order valence-corrected chi connectivity index (χ2v) is 4.44. The zero-order valence-electron chi connectivity index (χ0n) is 9.98. The van der Waals surface area contributed by atoms with Crippen LogP contribution in [-0.2, 0) is 0 Å². The van der Waals surface area contributed by atoms with Crippen LogP contribution in [0.15, 0.2) is 48.5 Å². The van der Waals surface area contributed by atoms with Crippen LogP contribution in [0.25, 0.3) is 0 Å². The van der Waals surface area contributed by atoms with Crippen molar-refractivity contribution >= 4 is 5.78 Å². The number of hydrogen-bond donors (Lipinski definition) is 2. The lowest BCUT2D eigenvalue weighted by atomic mass is 9.93. The summed E-state index contributed by atoms with van der Waals surface area (Å²) in [6.07, 6.45) is -1.98. The molecule has 0 fully saturated rings. The number of ketones is 1. The molecule has 1 heterocycles. The minimum Gasteiger partial charge on any atom is -0.508 e. The Morgan fingerprint density at radius 1 is 1.05 bits per heavy atom. The standard InChI is InChI=1S/C15H12O4/c16-10-6-7-11-12(8-10)19-15(14(18)13(11)17)9-4-2-1-3-5-9/h1-8,14-16,18H. The Morgan fingerprint density at radius 2 is 1.79 bits per heavy atom. The number of ether oxygens (including phenoxy) is 1. The van der Waals surface area contributed by atoms with Crippen LogP contribution in [0.2, 0.25) is 0 Å². The molecule has 2 atom stereocenters. The van der Waals surface area contributed by atoms with Gasteiger partial charge in [0.05, 0.1) is 5.56 Å². The summed E-state index contributed by atoms with van der Waals surface area (Å²) >= 11 is 0. The van der Waals surface area contributed by atoms with E-state index >= 15 is 0 Å². The lowest BCUT2D eigenvalue weighted by molar-refractivity contribution is 0.0215. The third-order valence-electron chi connectivity index (χ3n) is 3.17. The first-order valence-corrected chi connectivity index (χ1v) is 5.94. The van der Waals surface area contributed by atoms with Gasteiger partial charge in [0.2, 0.25) is 0 Å². The summed E-state index contributed by atoms with van der Waals surface area (Å²) in [4.78, 5) is 12.1. The fraction of sp³-hybridized carbons (Fsp3) is 0.133. The number of phenolic OH excluding ortho intramolecular Hbond substituents is 1. The van der Waals surface area contributed by atoms with Crippen LogP contribution in [0.5, 0.6) is 11.5 Å². The van der Waals surface area contributed by atoms with E-state index in [1.54, 1.807) is 12.1 Å². The molecule has 96 valence electrons. The van der Waals surface area contributed by atoms with E-state index in [9.17, 15) is 15.0 Å². The Hall–Kier alpha value is -2.33. The molecule has 0 aliphatic carbocycles. The summed E-state index contributed by atoms with van der Waals surface area (Å²) in [6, 6.07) is 13.3. The zero-order valence-corrected chi connectivity index (χ0v) is 9.98. The van der Waals surface area contributed by atoms with Crippen LogP contribution in [0.4, 0.5) is 0 Å². The molecule has 0 radical (unpaired) electrons. The Labute approximate surface area is 109 Å². The van der Waals surface area contributed by atoms with E-state index < -0.39 is 18.0 Å². The van der Waals surface area contributed by atoms with Gasteiger partial charge in [0.15, 0.2) is 18.0 Å². The van der Waals surface area contributed by atoms with Gasteiger partial charge in [-0.1, -0.05) is 30.3 Å². The highest BCUT2D eigenvalue weighted by Crippen LogP contribution is 2.36. The molecule has 0 saturated heterocycles. The number of aromatic hydroxyl groups is 1. The Balaban J connectivity index is 2.05. The van der Waals surface area contributed by atoms with Crippen molar-refractivity contribution in [3.8, 4) is 11.5 Å². The fourth-order valence-corrected chi connectivity index (χ4v) is 2.20. The SMILES string of the molecule is O=C1c2ccc(O)cc2OC(c2ccccc2)C1O. The molecule has 1 aliphatic heterocycles. The van der Waals surface area contributed by atoms with Gasteiger partial charge in [-0.3, -0.25) is 4.79 Å². The quantitative estimate of drug-likeness (QED) is 0.819. The minimum atomic E-state index is -1.24. The number of benzene rings is 2. The molecule has 4 heteroatoms. The highest BCUT2D eigenvalue weighted by Gasteiger charge is 2.36. The van der Waals surface area contributed by atoms with Crippen molar-refractivity contribution in [3.05, 3.63) is 59.7 Å². The molecular weight excluding hydrogens is 244 g/mol. The van der Waals surface area contributed by atoms with Gasteiger partial charge < -0.3 is 14.9 Å². The lowest BCUT2D eigenvalue weighted by Crippen LogP contribution is -2.36. The van der Waals surface area contributed by atoms with Crippen LogP contribution < -0.4 is 4.74 Å². The van der Waals surface area contributed by atoms with Crippen LogP contribution in [0.3, 0.4) is 0 Å². The third-order valence-corrected chi connectivity index (χ3v) is 3.17. The number of Topliss-reactive ketones (excluding diaryl/α,β-unsaturated/α-hetero) is 1. The van der Waals surface area contributed by atoms with Gasteiger partial charge in [0.25, 0.3) is 0 Å². The maximum absolute atomic E-state index is 12.1. The smallest absolute Gasteiger partial charge is 0.199 e. The summed E-state index contributed by atoms with van der Waals surface area (Å²) in [6.45, 7) is 0. The van der Waals surface area contributed by atoms with Gasteiger partial charge in [-0.05, 0) is 17.7 Å². The molecule has 0 saturated carbocycles. The van der Waals surface area contributed by atoms with Crippen molar-refractivity contribution in [3.63, 3.8) is 0 Å². The average Bonchev–Trinajstić information content (AvgIpc) is 2.43. The Kier molecular flexibility index (Phi) is 2.72. The maximum Gasteiger partial charge on any atom is 0.199 e. The summed E-state index contributed by atoms with van der Waals surface area (Å²) in [7, 11) is 0. The topological polar surface area (TPSA) is 66.8 Å². The van der Waals surface area contributed by atoms with E-state index in [2.05, 4.69) is 0 Å². The summed E-state index contributed by atoms with van der Waals surface area (Å²) < 4.78 is 5.65. The molecule has 0 bridgehead atoms. The van der Waals surface area contributed by atoms with E-state index in [1.807, 2.05) is 18.2 Å². The molecule has 3 rings (SSSR count). The molecule has 1 aliphatic rings. The van der Waals surface area contributed by atoms with E-state index in [4.69, 9.17) is 4.74 Å². The highest BCUT2D eigenvalue weighted by molar-refractivity contribution is 6.03. The van der Waals surface area contributed by atoms with Gasteiger partial charge >= 0.3 is 0 Å². The fourth-order valence-electron chi connectivity index (χ4n) is 2.20. The second kappa shape index (κ2) is 4.40. The predicted molar refractivity (Wildman–Crippen MR) is 68.3 cm³/mol. The second-order valence-electron chi connectivity index (χ2n) is 4.44. The van der Waals surface area contributed by atoms with E-state index in [-0.39, 0.29) is 11.3 Å². The zero-order chi connectivity index (χ0) is 13.4. The summed E-state index contributed by atoms with van der Waals surface area (Å²) in [5.41, 5.74) is 1.01. The van der Waals surface area contributed by atoms with E-state index in [0.717, 1.165) is 5.56 Å². The molecule has 0 spiro atoms. The molecule has 2 N–H and O–H groups in total. The molecule has 4 nitrogen and oxygen atoms in total. The monoisotopic (exact) mass is 256 g/mol. The number of fused-ring (bicyclic) bond motifs is 1. The number of aliphatic hydroxyl groups is 1. The minimum absolute atomic E-state index is 0.0229. The van der Waals surface area contributed by atoms with Crippen LogP contribution in [0.1, 0.15) is 22.0 Å². The van der Waals surface area contributed by atoms with Gasteiger partial charge in [-0.15, -0.1) is 0 Å². The summed E-state index contributed by atoms with van der Waals surface area (Å²) in [5, 5.41) is 19.5. The third kappa shape index (κ3) is 1.96. The van der Waals surface area contributed by atoms with Crippen molar-refractivity contribution in [2.45, 2.75) is 12.2 Å². The van der Waals surface area contributed by atoms with Gasteiger partial charge in [0, 0.05) is 6.07 Å². The van der Waals surface area contributed by atoms with Crippen molar-refractivity contribution in [2.75, 3.05) is 0 Å². The molecule has 2 unspecified atom stereocenters. The molecule has 2 aromatic carbocycles. The number of phenols is 1. The van der Waals surface area contributed by atoms with Crippen molar-refractivity contribution in [1.82, 2.24) is 0 Å². The highest BCUT2D eigenvalue weighted by atomic mass is 16.5. The molecule has 19 heavy (non-hydrogen) atoms. The number of carbonyl (C=O) groups is 1. The average molecular weight is 256 g/mol. The van der Waals surface area contributed by atoms with Crippen molar-refractivity contribution in [1.29, 1.82) is 0 Å². The van der Waals surface area contributed by atoms with Gasteiger partial charge in [-0.25, -0.2) is 0 Å². The van der Waals surface area contributed by atoms with E-state index in [1.165, 1.54) is 18.2 Å². The van der Waals surface area contributed by atoms with Crippen LogP contribution in [0, 0.1) is 0 Å². The van der Waals surface area contributed by atoms with Gasteiger partial charge in [0.1, 0.15) is 11.5 Å². The van der Waals surface area contributed by atoms with Crippen LogP contribution >= 0.6 is 0 Å². The molecular formula is C15H12O4. The first-order chi connectivity index (χ1) is 9.16. The number of carbonyl (C=O) groups excluding carboxylic acids is 1. The number of aliphatic hydroxyl groups excluding tert-OH is 1.